The monoisotopic (exact) mass is 413 g/mol. The molecule has 1 saturated carbocycles. The average molecular weight is 414 g/mol. The van der Waals surface area contributed by atoms with Crippen molar-refractivity contribution in [3.63, 3.8) is 0 Å². The van der Waals surface area contributed by atoms with E-state index < -0.39 is 0 Å². The number of ether oxygens (including phenoxy) is 1. The average Bonchev–Trinajstić information content (AvgIpc) is 2.76. The second kappa shape index (κ2) is 9.88. The number of nitrogens with one attached hydrogen (secondary N) is 1. The number of anilines is 1. The van der Waals surface area contributed by atoms with Crippen molar-refractivity contribution in [1.29, 1.82) is 0 Å². The number of aliphatic hydroxyl groups is 1. The molecule has 30 heavy (non-hydrogen) atoms. The van der Waals surface area contributed by atoms with Gasteiger partial charge >= 0.3 is 0 Å². The fourth-order valence-corrected chi connectivity index (χ4v) is 4.52. The van der Waals surface area contributed by atoms with Gasteiger partial charge in [0, 0.05) is 37.6 Å². The SMILES string of the molecule is CCCCNc1ncc2c(OC3CCN(C)CC3)ncc(C3CCC(O)CC3)c2n1. The summed E-state index contributed by atoms with van der Waals surface area (Å²) in [4.78, 5) is 16.5. The summed E-state index contributed by atoms with van der Waals surface area (Å²) in [5, 5.41) is 14.2. The summed E-state index contributed by atoms with van der Waals surface area (Å²) in [6.45, 7) is 5.15. The second-order valence-electron chi connectivity index (χ2n) is 8.88. The molecule has 3 heterocycles. The molecule has 2 aromatic rings. The van der Waals surface area contributed by atoms with Crippen molar-refractivity contribution in [3.05, 3.63) is 18.0 Å². The Hall–Kier alpha value is -1.99. The predicted molar refractivity (Wildman–Crippen MR) is 119 cm³/mol. The van der Waals surface area contributed by atoms with E-state index in [2.05, 4.69) is 29.2 Å². The topological polar surface area (TPSA) is 83.4 Å². The van der Waals surface area contributed by atoms with Crippen LogP contribution < -0.4 is 10.1 Å². The van der Waals surface area contributed by atoms with Gasteiger partial charge in [-0.15, -0.1) is 0 Å². The maximum absolute atomic E-state index is 9.92. The van der Waals surface area contributed by atoms with E-state index >= 15 is 0 Å². The van der Waals surface area contributed by atoms with E-state index in [-0.39, 0.29) is 12.2 Å². The summed E-state index contributed by atoms with van der Waals surface area (Å²) >= 11 is 0. The summed E-state index contributed by atoms with van der Waals surface area (Å²) in [5.41, 5.74) is 2.11. The summed E-state index contributed by atoms with van der Waals surface area (Å²) in [7, 11) is 2.15. The van der Waals surface area contributed by atoms with Crippen molar-refractivity contribution in [2.75, 3.05) is 32.0 Å². The molecule has 164 valence electrons. The van der Waals surface area contributed by atoms with Crippen molar-refractivity contribution >= 4 is 16.9 Å². The van der Waals surface area contributed by atoms with Crippen molar-refractivity contribution in [3.8, 4) is 5.88 Å². The van der Waals surface area contributed by atoms with Gasteiger partial charge in [-0.3, -0.25) is 0 Å². The minimum atomic E-state index is -0.173. The molecular formula is C23H35N5O2. The molecule has 1 saturated heterocycles. The third-order valence-corrected chi connectivity index (χ3v) is 6.51. The van der Waals surface area contributed by atoms with Crippen LogP contribution in [-0.2, 0) is 0 Å². The second-order valence-corrected chi connectivity index (χ2v) is 8.88. The Balaban J connectivity index is 1.63. The Bertz CT molecular complexity index is 830. The smallest absolute Gasteiger partial charge is 0.224 e. The predicted octanol–water partition coefficient (Wildman–Crippen LogP) is 3.73. The number of hydrogen-bond donors (Lipinski definition) is 2. The molecule has 0 bridgehead atoms. The van der Waals surface area contributed by atoms with E-state index in [9.17, 15) is 5.11 Å². The van der Waals surface area contributed by atoms with Crippen LogP contribution in [0.5, 0.6) is 5.88 Å². The van der Waals surface area contributed by atoms with Gasteiger partial charge in [0.15, 0.2) is 0 Å². The zero-order valence-electron chi connectivity index (χ0n) is 18.3. The van der Waals surface area contributed by atoms with Crippen LogP contribution >= 0.6 is 0 Å². The summed E-state index contributed by atoms with van der Waals surface area (Å²) in [6, 6.07) is 0. The van der Waals surface area contributed by atoms with E-state index in [1.807, 2.05) is 12.4 Å². The molecule has 2 N–H and O–H groups in total. The molecule has 2 fully saturated rings. The van der Waals surface area contributed by atoms with E-state index in [4.69, 9.17) is 14.7 Å². The number of aliphatic hydroxyl groups excluding tert-OH is 1. The van der Waals surface area contributed by atoms with Gasteiger partial charge in [0.25, 0.3) is 0 Å². The molecule has 2 aromatic heterocycles. The van der Waals surface area contributed by atoms with Gasteiger partial charge in [-0.25, -0.2) is 15.0 Å². The first-order chi connectivity index (χ1) is 14.6. The fourth-order valence-electron chi connectivity index (χ4n) is 4.52. The van der Waals surface area contributed by atoms with Crippen LogP contribution in [0.2, 0.25) is 0 Å². The van der Waals surface area contributed by atoms with E-state index in [0.29, 0.717) is 17.7 Å². The quantitative estimate of drug-likeness (QED) is 0.669. The molecule has 0 radical (unpaired) electrons. The highest BCUT2D eigenvalue weighted by molar-refractivity contribution is 5.86. The lowest BCUT2D eigenvalue weighted by atomic mass is 9.83. The van der Waals surface area contributed by atoms with Crippen LogP contribution in [0.3, 0.4) is 0 Å². The van der Waals surface area contributed by atoms with Gasteiger partial charge in [0.2, 0.25) is 11.8 Å². The summed E-state index contributed by atoms with van der Waals surface area (Å²) in [5.74, 6) is 1.70. The van der Waals surface area contributed by atoms with Gasteiger partial charge in [0.1, 0.15) is 6.10 Å². The lowest BCUT2D eigenvalue weighted by molar-refractivity contribution is 0.111. The number of rotatable bonds is 7. The first kappa shape index (κ1) is 21.2. The highest BCUT2D eigenvalue weighted by Crippen LogP contribution is 2.38. The zero-order valence-corrected chi connectivity index (χ0v) is 18.3. The number of pyridine rings is 1. The van der Waals surface area contributed by atoms with Gasteiger partial charge in [-0.2, -0.15) is 0 Å². The van der Waals surface area contributed by atoms with E-state index in [1.54, 1.807) is 0 Å². The lowest BCUT2D eigenvalue weighted by Crippen LogP contribution is -2.35. The first-order valence-electron chi connectivity index (χ1n) is 11.6. The molecule has 0 atom stereocenters. The molecule has 0 aromatic carbocycles. The molecule has 0 unspecified atom stereocenters. The van der Waals surface area contributed by atoms with Crippen LogP contribution in [0.1, 0.15) is 69.8 Å². The molecular weight excluding hydrogens is 378 g/mol. The minimum absolute atomic E-state index is 0.173. The molecule has 4 rings (SSSR count). The van der Waals surface area contributed by atoms with E-state index in [0.717, 1.165) is 87.5 Å². The van der Waals surface area contributed by atoms with Crippen molar-refractivity contribution < 1.29 is 9.84 Å². The minimum Gasteiger partial charge on any atom is -0.474 e. The highest BCUT2D eigenvalue weighted by atomic mass is 16.5. The molecule has 1 aliphatic carbocycles. The fraction of sp³-hybridized carbons (Fsp3) is 0.696. The maximum atomic E-state index is 9.92. The van der Waals surface area contributed by atoms with Crippen LogP contribution in [0, 0.1) is 0 Å². The molecule has 0 spiro atoms. The number of hydrogen-bond acceptors (Lipinski definition) is 7. The number of fused-ring (bicyclic) bond motifs is 1. The number of likely N-dealkylation sites (tertiary alicyclic amines) is 1. The standard InChI is InChI=1S/C23H35N5O2/c1-3-4-11-24-23-26-15-20-21(27-23)19(16-5-7-17(29)8-6-16)14-25-22(20)30-18-9-12-28(2)13-10-18/h14-18,29H,3-13H2,1-2H3,(H,24,26,27). The zero-order chi connectivity index (χ0) is 20.9. The van der Waals surface area contributed by atoms with Gasteiger partial charge in [-0.1, -0.05) is 13.3 Å². The third-order valence-electron chi connectivity index (χ3n) is 6.51. The van der Waals surface area contributed by atoms with Gasteiger partial charge < -0.3 is 20.1 Å². The Labute approximate surface area is 179 Å². The Kier molecular flexibility index (Phi) is 7.00. The van der Waals surface area contributed by atoms with E-state index in [1.165, 1.54) is 0 Å². The molecule has 7 nitrogen and oxygen atoms in total. The third kappa shape index (κ3) is 5.01. The first-order valence-corrected chi connectivity index (χ1v) is 11.6. The van der Waals surface area contributed by atoms with Crippen LogP contribution in [-0.4, -0.2) is 63.8 Å². The summed E-state index contributed by atoms with van der Waals surface area (Å²) < 4.78 is 6.34. The number of unbranched alkanes of at least 4 members (excludes halogenated alkanes) is 1. The van der Waals surface area contributed by atoms with Crippen LogP contribution in [0.4, 0.5) is 5.95 Å². The Morgan fingerprint density at radius 1 is 1.10 bits per heavy atom. The normalized spacial score (nSPS) is 23.6. The maximum Gasteiger partial charge on any atom is 0.224 e. The molecule has 2 aliphatic rings. The number of nitrogens with zero attached hydrogens (tertiary/aromatic N) is 4. The van der Waals surface area contributed by atoms with Crippen LogP contribution in [0.25, 0.3) is 10.9 Å². The molecule has 0 amide bonds. The molecule has 7 heteroatoms. The number of aromatic nitrogens is 3. The van der Waals surface area contributed by atoms with Crippen molar-refractivity contribution in [2.24, 2.45) is 0 Å². The lowest BCUT2D eigenvalue weighted by Gasteiger charge is -2.30. The summed E-state index contributed by atoms with van der Waals surface area (Å²) in [6.07, 6.45) is 11.7. The largest absolute Gasteiger partial charge is 0.474 e. The highest BCUT2D eigenvalue weighted by Gasteiger charge is 2.26. The molecule has 1 aliphatic heterocycles. The van der Waals surface area contributed by atoms with Gasteiger partial charge in [0.05, 0.1) is 17.0 Å². The Morgan fingerprint density at radius 3 is 2.60 bits per heavy atom. The van der Waals surface area contributed by atoms with Crippen LogP contribution in [0.15, 0.2) is 12.4 Å². The Morgan fingerprint density at radius 2 is 1.87 bits per heavy atom. The number of piperidine rings is 1. The van der Waals surface area contributed by atoms with Gasteiger partial charge in [-0.05, 0) is 57.9 Å². The van der Waals surface area contributed by atoms with Crippen molar-refractivity contribution in [2.45, 2.75) is 76.4 Å². The van der Waals surface area contributed by atoms with Crippen molar-refractivity contribution in [1.82, 2.24) is 19.9 Å².